The fraction of sp³-hybridized carbons (Fsp3) is 0.706. The number of hydrogen-bond acceptors (Lipinski definition) is 5. The molecular formula is C17H30N4O2. The van der Waals surface area contributed by atoms with Gasteiger partial charge >= 0.3 is 0 Å². The zero-order chi connectivity index (χ0) is 16.8. The van der Waals surface area contributed by atoms with Crippen LogP contribution in [0.5, 0.6) is 5.75 Å². The fourth-order valence-corrected chi connectivity index (χ4v) is 2.89. The molecule has 6 nitrogen and oxygen atoms in total. The van der Waals surface area contributed by atoms with E-state index in [2.05, 4.69) is 35.8 Å². The minimum absolute atomic E-state index is 0.153. The van der Waals surface area contributed by atoms with Crippen LogP contribution in [-0.4, -0.2) is 78.2 Å². The normalized spacial score (nSPS) is 17.0. The smallest absolute Gasteiger partial charge is 0.223 e. The lowest BCUT2D eigenvalue weighted by Crippen LogP contribution is -2.44. The Balaban J connectivity index is 2.01. The molecule has 1 aliphatic rings. The van der Waals surface area contributed by atoms with Crippen LogP contribution < -0.4 is 5.43 Å². The van der Waals surface area contributed by atoms with Crippen molar-refractivity contribution >= 4 is 0 Å². The molecule has 1 saturated heterocycles. The molecule has 0 aliphatic carbocycles. The molecule has 1 N–H and O–H groups in total. The van der Waals surface area contributed by atoms with Gasteiger partial charge in [-0.2, -0.15) is 0 Å². The number of piperazine rings is 1. The van der Waals surface area contributed by atoms with Crippen molar-refractivity contribution in [1.29, 1.82) is 0 Å². The van der Waals surface area contributed by atoms with Crippen molar-refractivity contribution in [2.24, 2.45) is 0 Å². The number of unbranched alkanes of at least 4 members (excludes halogenated alkanes) is 1. The van der Waals surface area contributed by atoms with Crippen LogP contribution in [-0.2, 0) is 13.1 Å². The highest BCUT2D eigenvalue weighted by atomic mass is 16.3. The first kappa shape index (κ1) is 18.0. The average Bonchev–Trinajstić information content (AvgIpc) is 2.50. The number of aromatic nitrogens is 1. The first-order valence-corrected chi connectivity index (χ1v) is 8.43. The van der Waals surface area contributed by atoms with Gasteiger partial charge in [-0.05, 0) is 40.5 Å². The molecule has 130 valence electrons. The summed E-state index contributed by atoms with van der Waals surface area (Å²) in [5.74, 6) is -0.153. The lowest BCUT2D eigenvalue weighted by molar-refractivity contribution is 0.145. The van der Waals surface area contributed by atoms with E-state index in [1.807, 2.05) is 4.57 Å². The summed E-state index contributed by atoms with van der Waals surface area (Å²) < 4.78 is 2.05. The molecule has 0 radical (unpaired) electrons. The van der Waals surface area contributed by atoms with E-state index in [-0.39, 0.29) is 11.2 Å². The second kappa shape index (κ2) is 8.47. The maximum Gasteiger partial charge on any atom is 0.223 e. The molecule has 1 aromatic rings. The van der Waals surface area contributed by atoms with Crippen LogP contribution in [0.3, 0.4) is 0 Å². The highest BCUT2D eigenvalue weighted by Crippen LogP contribution is 2.11. The first-order valence-electron chi connectivity index (χ1n) is 8.43. The van der Waals surface area contributed by atoms with E-state index < -0.39 is 0 Å². The van der Waals surface area contributed by atoms with Crippen LogP contribution in [0, 0.1) is 0 Å². The largest absolute Gasteiger partial charge is 0.503 e. The quantitative estimate of drug-likeness (QED) is 0.747. The number of nitrogens with zero attached hydrogens (tertiary/aromatic N) is 4. The fourth-order valence-electron chi connectivity index (χ4n) is 2.89. The standard InChI is InChI=1S/C17H30N4O2/c1-18(2)6-4-5-7-21-14-17(23)16(22)12-15(21)13-20-10-8-19(3)9-11-20/h12,14,23H,4-11,13H2,1-3H3. The number of aryl methyl sites for hydroxylation is 1. The summed E-state index contributed by atoms with van der Waals surface area (Å²) in [6, 6.07) is 1.60. The zero-order valence-electron chi connectivity index (χ0n) is 14.7. The van der Waals surface area contributed by atoms with Crippen molar-refractivity contribution in [3.05, 3.63) is 28.2 Å². The summed E-state index contributed by atoms with van der Waals surface area (Å²) in [5, 5.41) is 9.75. The van der Waals surface area contributed by atoms with Crippen LogP contribution in [0.4, 0.5) is 0 Å². The Bertz CT molecular complexity index is 548. The molecule has 2 heterocycles. The predicted octanol–water partition coefficient (Wildman–Crippen LogP) is 0.643. The molecule has 1 fully saturated rings. The molecule has 0 spiro atoms. The van der Waals surface area contributed by atoms with Gasteiger partial charge in [0.25, 0.3) is 0 Å². The number of pyridine rings is 1. The summed E-state index contributed by atoms with van der Waals surface area (Å²) in [4.78, 5) is 18.7. The molecule has 23 heavy (non-hydrogen) atoms. The van der Waals surface area contributed by atoms with Gasteiger partial charge in [-0.25, -0.2) is 0 Å². The maximum absolute atomic E-state index is 11.8. The molecule has 0 amide bonds. The monoisotopic (exact) mass is 322 g/mol. The van der Waals surface area contributed by atoms with Gasteiger partial charge in [0.1, 0.15) is 0 Å². The van der Waals surface area contributed by atoms with Crippen LogP contribution >= 0.6 is 0 Å². The second-order valence-electron chi connectivity index (χ2n) is 6.80. The van der Waals surface area contributed by atoms with Gasteiger partial charge in [0, 0.05) is 51.0 Å². The zero-order valence-corrected chi connectivity index (χ0v) is 14.7. The minimum Gasteiger partial charge on any atom is -0.503 e. The van der Waals surface area contributed by atoms with Crippen molar-refractivity contribution in [1.82, 2.24) is 19.3 Å². The molecule has 0 saturated carbocycles. The first-order chi connectivity index (χ1) is 11.0. The molecule has 1 aliphatic heterocycles. The van der Waals surface area contributed by atoms with Gasteiger partial charge in [0.2, 0.25) is 5.43 Å². The third-order valence-electron chi connectivity index (χ3n) is 4.43. The lowest BCUT2D eigenvalue weighted by atomic mass is 10.2. The second-order valence-corrected chi connectivity index (χ2v) is 6.80. The van der Waals surface area contributed by atoms with E-state index in [1.54, 1.807) is 12.3 Å². The summed E-state index contributed by atoms with van der Waals surface area (Å²) in [6.45, 7) is 6.83. The lowest BCUT2D eigenvalue weighted by Gasteiger charge is -2.32. The highest BCUT2D eigenvalue weighted by Gasteiger charge is 2.16. The number of likely N-dealkylation sites (N-methyl/N-ethyl adjacent to an activating group) is 1. The summed E-state index contributed by atoms with van der Waals surface area (Å²) in [7, 11) is 6.28. The molecule has 0 bridgehead atoms. The molecule has 2 rings (SSSR count). The van der Waals surface area contributed by atoms with Gasteiger partial charge in [0.15, 0.2) is 5.75 Å². The topological polar surface area (TPSA) is 52.0 Å². The van der Waals surface area contributed by atoms with Crippen LogP contribution in [0.2, 0.25) is 0 Å². The van der Waals surface area contributed by atoms with Crippen LogP contribution in [0.15, 0.2) is 17.1 Å². The summed E-state index contributed by atoms with van der Waals surface area (Å²) in [6.07, 6.45) is 3.74. The maximum atomic E-state index is 11.8. The Hall–Kier alpha value is -1.37. The Kier molecular flexibility index (Phi) is 6.62. The SMILES string of the molecule is CN(C)CCCCn1cc(O)c(=O)cc1CN1CCN(C)CC1. The summed E-state index contributed by atoms with van der Waals surface area (Å²) >= 11 is 0. The van der Waals surface area contributed by atoms with Gasteiger partial charge in [-0.1, -0.05) is 0 Å². The van der Waals surface area contributed by atoms with E-state index in [1.165, 1.54) is 0 Å². The number of aromatic hydroxyl groups is 1. The van der Waals surface area contributed by atoms with E-state index in [0.29, 0.717) is 0 Å². The van der Waals surface area contributed by atoms with Gasteiger partial charge < -0.3 is 19.5 Å². The number of hydrogen-bond donors (Lipinski definition) is 1. The molecular weight excluding hydrogens is 292 g/mol. The third kappa shape index (κ3) is 5.64. The molecule has 6 heteroatoms. The Morgan fingerprint density at radius 1 is 1.17 bits per heavy atom. The van der Waals surface area contributed by atoms with Crippen molar-refractivity contribution < 1.29 is 5.11 Å². The van der Waals surface area contributed by atoms with Gasteiger partial charge in [0.05, 0.1) is 6.20 Å². The molecule has 0 unspecified atom stereocenters. The Morgan fingerprint density at radius 2 is 1.87 bits per heavy atom. The molecule has 0 aromatic carbocycles. The van der Waals surface area contributed by atoms with Crippen molar-refractivity contribution in [2.45, 2.75) is 25.9 Å². The number of rotatable bonds is 7. The molecule has 0 atom stereocenters. The van der Waals surface area contributed by atoms with Gasteiger partial charge in [-0.3, -0.25) is 9.69 Å². The average molecular weight is 322 g/mol. The predicted molar refractivity (Wildman–Crippen MR) is 92.9 cm³/mol. The van der Waals surface area contributed by atoms with E-state index in [4.69, 9.17) is 0 Å². The van der Waals surface area contributed by atoms with Crippen molar-refractivity contribution in [3.63, 3.8) is 0 Å². The highest BCUT2D eigenvalue weighted by molar-refractivity contribution is 5.20. The van der Waals surface area contributed by atoms with E-state index in [0.717, 1.165) is 64.3 Å². The van der Waals surface area contributed by atoms with Crippen molar-refractivity contribution in [3.8, 4) is 5.75 Å². The Morgan fingerprint density at radius 3 is 2.52 bits per heavy atom. The van der Waals surface area contributed by atoms with E-state index in [9.17, 15) is 9.90 Å². The van der Waals surface area contributed by atoms with Gasteiger partial charge in [-0.15, -0.1) is 0 Å². The minimum atomic E-state index is -0.279. The Labute approximate surface area is 138 Å². The summed E-state index contributed by atoms with van der Waals surface area (Å²) in [5.41, 5.74) is 0.723. The van der Waals surface area contributed by atoms with Crippen LogP contribution in [0.25, 0.3) is 0 Å². The molecule has 1 aromatic heterocycles. The van der Waals surface area contributed by atoms with E-state index >= 15 is 0 Å². The third-order valence-corrected chi connectivity index (χ3v) is 4.43. The van der Waals surface area contributed by atoms with Crippen LogP contribution in [0.1, 0.15) is 18.5 Å². The van der Waals surface area contributed by atoms with Crippen molar-refractivity contribution in [2.75, 3.05) is 53.9 Å².